The molecule has 5 nitrogen and oxygen atoms in total. The van der Waals surface area contributed by atoms with Gasteiger partial charge in [0.25, 0.3) is 0 Å². The third-order valence-electron chi connectivity index (χ3n) is 2.89. The molecule has 0 saturated carbocycles. The Morgan fingerprint density at radius 3 is 2.77 bits per heavy atom. The minimum atomic E-state index is -0.876. The maximum atomic E-state index is 12.1. The lowest BCUT2D eigenvalue weighted by Crippen LogP contribution is -2.23. The lowest BCUT2D eigenvalue weighted by Gasteiger charge is -2.17. The number of rotatable bonds is 6. The molecule has 0 radical (unpaired) electrons. The van der Waals surface area contributed by atoms with Gasteiger partial charge in [0.1, 0.15) is 5.76 Å². The van der Waals surface area contributed by atoms with E-state index in [9.17, 15) is 4.79 Å². The number of benzene rings is 1. The van der Waals surface area contributed by atoms with Crippen LogP contribution in [0.2, 0.25) is 10.0 Å². The van der Waals surface area contributed by atoms with Crippen LogP contribution in [0, 0.1) is 0 Å². The maximum absolute atomic E-state index is 12.1. The first kappa shape index (κ1) is 16.7. The van der Waals surface area contributed by atoms with E-state index in [1.54, 1.807) is 31.2 Å². The summed E-state index contributed by atoms with van der Waals surface area (Å²) in [5.74, 6) is -0.180. The van der Waals surface area contributed by atoms with Crippen molar-refractivity contribution in [3.8, 4) is 0 Å². The van der Waals surface area contributed by atoms with Crippen LogP contribution in [-0.2, 0) is 16.1 Å². The summed E-state index contributed by atoms with van der Waals surface area (Å²) in [5.41, 5.74) is 1.08. The molecule has 0 aliphatic carbocycles. The summed E-state index contributed by atoms with van der Waals surface area (Å²) in [4.78, 5) is 12.1. The van der Waals surface area contributed by atoms with Crippen molar-refractivity contribution < 1.29 is 19.1 Å². The van der Waals surface area contributed by atoms with E-state index in [-0.39, 0.29) is 13.2 Å². The predicted molar refractivity (Wildman–Crippen MR) is 84.1 cm³/mol. The van der Waals surface area contributed by atoms with Gasteiger partial charge in [-0.15, -0.1) is 0 Å². The quantitative estimate of drug-likeness (QED) is 0.780. The molecule has 1 aromatic carbocycles. The zero-order valence-corrected chi connectivity index (χ0v) is 13.3. The highest BCUT2D eigenvalue weighted by molar-refractivity contribution is 6.36. The van der Waals surface area contributed by atoms with E-state index < -0.39 is 12.0 Å². The Bertz CT molecular complexity index is 657. The van der Waals surface area contributed by atoms with E-state index >= 15 is 0 Å². The second-order valence-corrected chi connectivity index (χ2v) is 5.31. The number of hydrogen-bond acceptors (Lipinski definition) is 5. The van der Waals surface area contributed by atoms with Crippen molar-refractivity contribution in [1.29, 1.82) is 0 Å². The van der Waals surface area contributed by atoms with E-state index in [0.29, 0.717) is 27.1 Å². The van der Waals surface area contributed by atoms with Gasteiger partial charge in [-0.25, -0.2) is 4.79 Å². The van der Waals surface area contributed by atoms with Crippen LogP contribution in [0.5, 0.6) is 0 Å². The highest BCUT2D eigenvalue weighted by atomic mass is 35.5. The molecule has 1 aromatic heterocycles. The summed E-state index contributed by atoms with van der Waals surface area (Å²) < 4.78 is 10.4. The summed E-state index contributed by atoms with van der Waals surface area (Å²) in [5, 5.41) is 12.9. The molecule has 1 atom stereocenters. The van der Waals surface area contributed by atoms with Gasteiger partial charge in [0, 0.05) is 10.6 Å². The molecule has 118 valence electrons. The number of hydrogen-bond donors (Lipinski definition) is 2. The number of ether oxygens (including phenoxy) is 1. The Balaban J connectivity index is 2.29. The smallest absolute Gasteiger partial charge is 0.336 e. The minimum absolute atomic E-state index is 0.180. The molecule has 1 heterocycles. The Morgan fingerprint density at radius 1 is 1.41 bits per heavy atom. The van der Waals surface area contributed by atoms with E-state index in [0.717, 1.165) is 0 Å². The van der Waals surface area contributed by atoms with Crippen molar-refractivity contribution in [2.45, 2.75) is 19.6 Å². The van der Waals surface area contributed by atoms with E-state index in [1.165, 1.54) is 6.26 Å². The summed E-state index contributed by atoms with van der Waals surface area (Å²) in [7, 11) is 0. The SMILES string of the molecule is CCOC(=O)C(Nc1ccc(Cl)cc1Cl)c1cc(CO)co1. The number of aliphatic hydroxyl groups excluding tert-OH is 1. The Hall–Kier alpha value is -1.69. The van der Waals surface area contributed by atoms with Crippen molar-refractivity contribution in [2.24, 2.45) is 0 Å². The van der Waals surface area contributed by atoms with Crippen molar-refractivity contribution in [3.05, 3.63) is 51.9 Å². The summed E-state index contributed by atoms with van der Waals surface area (Å²) in [6.45, 7) is 1.77. The second kappa shape index (κ2) is 7.54. The monoisotopic (exact) mass is 343 g/mol. The van der Waals surface area contributed by atoms with Crippen LogP contribution in [0.25, 0.3) is 0 Å². The van der Waals surface area contributed by atoms with Gasteiger partial charge >= 0.3 is 5.97 Å². The van der Waals surface area contributed by atoms with Gasteiger partial charge in [-0.1, -0.05) is 23.2 Å². The molecule has 0 bridgehead atoms. The number of aliphatic hydroxyl groups is 1. The number of nitrogens with one attached hydrogen (secondary N) is 1. The lowest BCUT2D eigenvalue weighted by atomic mass is 10.2. The van der Waals surface area contributed by atoms with E-state index in [1.807, 2.05) is 0 Å². The molecular formula is C15H15Cl2NO4. The summed E-state index contributed by atoms with van der Waals surface area (Å²) in [6, 6.07) is 5.58. The van der Waals surface area contributed by atoms with Gasteiger partial charge in [0.15, 0.2) is 6.04 Å². The largest absolute Gasteiger partial charge is 0.466 e. The molecule has 2 aromatic rings. The summed E-state index contributed by atoms with van der Waals surface area (Å²) in [6.07, 6.45) is 1.38. The maximum Gasteiger partial charge on any atom is 0.336 e. The third-order valence-corrected chi connectivity index (χ3v) is 3.44. The van der Waals surface area contributed by atoms with Crippen LogP contribution < -0.4 is 5.32 Å². The Labute approximate surface area is 137 Å². The minimum Gasteiger partial charge on any atom is -0.466 e. The Kier molecular flexibility index (Phi) is 5.71. The molecule has 2 rings (SSSR count). The van der Waals surface area contributed by atoms with Crippen molar-refractivity contribution in [2.75, 3.05) is 11.9 Å². The second-order valence-electron chi connectivity index (χ2n) is 4.47. The number of carbonyl (C=O) groups excluding carboxylic acids is 1. The van der Waals surface area contributed by atoms with Crippen LogP contribution in [0.1, 0.15) is 24.3 Å². The molecule has 0 aliphatic heterocycles. The zero-order chi connectivity index (χ0) is 16.1. The number of halogens is 2. The molecule has 22 heavy (non-hydrogen) atoms. The fourth-order valence-corrected chi connectivity index (χ4v) is 2.33. The molecule has 0 aliphatic rings. The number of furan rings is 1. The van der Waals surface area contributed by atoms with Crippen LogP contribution >= 0.6 is 23.2 Å². The van der Waals surface area contributed by atoms with Gasteiger partial charge in [-0.2, -0.15) is 0 Å². The Morgan fingerprint density at radius 2 is 2.18 bits per heavy atom. The molecule has 0 amide bonds. The average Bonchev–Trinajstić information content (AvgIpc) is 2.95. The van der Waals surface area contributed by atoms with Crippen molar-refractivity contribution in [1.82, 2.24) is 0 Å². The lowest BCUT2D eigenvalue weighted by molar-refractivity contribution is -0.144. The van der Waals surface area contributed by atoms with Gasteiger partial charge in [0.05, 0.1) is 30.2 Å². The van der Waals surface area contributed by atoms with Crippen LogP contribution in [-0.4, -0.2) is 17.7 Å². The first-order chi connectivity index (χ1) is 10.5. The molecule has 7 heteroatoms. The zero-order valence-electron chi connectivity index (χ0n) is 11.8. The summed E-state index contributed by atoms with van der Waals surface area (Å²) >= 11 is 12.0. The van der Waals surface area contributed by atoms with Gasteiger partial charge in [-0.05, 0) is 31.2 Å². The van der Waals surface area contributed by atoms with Gasteiger partial charge in [0.2, 0.25) is 0 Å². The number of anilines is 1. The fourth-order valence-electron chi connectivity index (χ4n) is 1.86. The average molecular weight is 344 g/mol. The first-order valence-corrected chi connectivity index (χ1v) is 7.37. The predicted octanol–water partition coefficient (Wildman–Crippen LogP) is 3.80. The van der Waals surface area contributed by atoms with Crippen LogP contribution in [0.3, 0.4) is 0 Å². The third kappa shape index (κ3) is 3.94. The molecular weight excluding hydrogens is 329 g/mol. The van der Waals surface area contributed by atoms with Crippen LogP contribution in [0.4, 0.5) is 5.69 Å². The molecule has 0 saturated heterocycles. The molecule has 0 fully saturated rings. The van der Waals surface area contributed by atoms with E-state index in [2.05, 4.69) is 5.32 Å². The molecule has 0 spiro atoms. The van der Waals surface area contributed by atoms with Gasteiger partial charge < -0.3 is 19.6 Å². The molecule has 2 N–H and O–H groups in total. The normalized spacial score (nSPS) is 12.0. The highest BCUT2D eigenvalue weighted by Gasteiger charge is 2.26. The van der Waals surface area contributed by atoms with E-state index in [4.69, 9.17) is 37.5 Å². The van der Waals surface area contributed by atoms with Crippen LogP contribution in [0.15, 0.2) is 34.9 Å². The highest BCUT2D eigenvalue weighted by Crippen LogP contribution is 2.30. The van der Waals surface area contributed by atoms with Crippen molar-refractivity contribution in [3.63, 3.8) is 0 Å². The van der Waals surface area contributed by atoms with Crippen molar-refractivity contribution >= 4 is 34.9 Å². The number of esters is 1. The number of carbonyl (C=O) groups is 1. The standard InChI is InChI=1S/C15H15Cl2NO4/c1-2-21-15(20)14(13-5-9(7-19)8-22-13)18-12-4-3-10(16)6-11(12)17/h3-6,8,14,18-19H,2,7H2,1H3. The topological polar surface area (TPSA) is 71.7 Å². The first-order valence-electron chi connectivity index (χ1n) is 6.61. The van der Waals surface area contributed by atoms with Gasteiger partial charge in [-0.3, -0.25) is 0 Å². The fraction of sp³-hybridized carbons (Fsp3) is 0.267. The molecule has 1 unspecified atom stereocenters.